The van der Waals surface area contributed by atoms with Gasteiger partial charge in [0.25, 0.3) is 0 Å². The van der Waals surface area contributed by atoms with E-state index in [0.717, 1.165) is 32.1 Å². The van der Waals surface area contributed by atoms with Gasteiger partial charge in [-0.05, 0) is 49.4 Å². The van der Waals surface area contributed by atoms with Crippen LogP contribution in [0.1, 0.15) is 72.1 Å². The first-order valence-corrected chi connectivity index (χ1v) is 8.19. The van der Waals surface area contributed by atoms with Gasteiger partial charge >= 0.3 is 0 Å². The number of carbonyl (C=O) groups excluding carboxylic acids is 1. The molecule has 0 aromatic carbocycles. The van der Waals surface area contributed by atoms with Crippen LogP contribution in [0.4, 0.5) is 0 Å². The second kappa shape index (κ2) is 5.85. The number of carboxylic acid groups (broad SMARTS) is 1. The fraction of sp³-hybridized carbons (Fsp3) is 0.941. The minimum absolute atomic E-state index is 0.349. The Bertz CT molecular complexity index is 315. The van der Waals surface area contributed by atoms with Crippen LogP contribution < -0.4 is 5.11 Å². The molecule has 2 nitrogen and oxygen atoms in total. The first kappa shape index (κ1) is 14.9. The zero-order valence-electron chi connectivity index (χ0n) is 12.8. The maximum atomic E-state index is 11.9. The van der Waals surface area contributed by atoms with Gasteiger partial charge in [0.2, 0.25) is 0 Å². The van der Waals surface area contributed by atoms with Gasteiger partial charge in [0.15, 0.2) is 0 Å². The highest BCUT2D eigenvalue weighted by Crippen LogP contribution is 2.53. The highest BCUT2D eigenvalue weighted by atomic mass is 16.4. The summed E-state index contributed by atoms with van der Waals surface area (Å²) in [5.41, 5.74) is -0.512. The predicted molar refractivity (Wildman–Crippen MR) is 75.4 cm³/mol. The number of rotatable bonds is 3. The third-order valence-electron chi connectivity index (χ3n) is 5.88. The van der Waals surface area contributed by atoms with E-state index in [0.29, 0.717) is 23.7 Å². The Balaban J connectivity index is 2.28. The van der Waals surface area contributed by atoms with Gasteiger partial charge in [-0.15, -0.1) is 0 Å². The van der Waals surface area contributed by atoms with Gasteiger partial charge in [0, 0.05) is 11.4 Å². The van der Waals surface area contributed by atoms with E-state index < -0.39 is 11.4 Å². The molecule has 3 unspecified atom stereocenters. The average molecular weight is 265 g/mol. The van der Waals surface area contributed by atoms with Crippen molar-refractivity contribution in [2.24, 2.45) is 29.1 Å². The van der Waals surface area contributed by atoms with Crippen molar-refractivity contribution in [3.05, 3.63) is 0 Å². The lowest BCUT2D eigenvalue weighted by Crippen LogP contribution is -2.52. The molecule has 0 aromatic rings. The lowest BCUT2D eigenvalue weighted by molar-refractivity contribution is -0.326. The summed E-state index contributed by atoms with van der Waals surface area (Å²) in [6, 6.07) is 0. The van der Waals surface area contributed by atoms with Crippen LogP contribution >= 0.6 is 0 Å². The second-order valence-electron chi connectivity index (χ2n) is 7.44. The molecule has 2 aliphatic rings. The lowest BCUT2D eigenvalue weighted by atomic mass is 9.55. The standard InChI is InChI=1S/C17H30O2/c1-12(2)14-8-7-13(3)11-15(14)17(16(18)19)9-5-4-6-10-17/h12-15H,4-11H2,1-3H3,(H,18,19)/p-1. The van der Waals surface area contributed by atoms with E-state index >= 15 is 0 Å². The molecule has 19 heavy (non-hydrogen) atoms. The van der Waals surface area contributed by atoms with Crippen molar-refractivity contribution in [2.45, 2.75) is 72.1 Å². The summed E-state index contributed by atoms with van der Waals surface area (Å²) in [6.45, 7) is 6.81. The van der Waals surface area contributed by atoms with Crippen LogP contribution in [-0.4, -0.2) is 5.97 Å². The van der Waals surface area contributed by atoms with Gasteiger partial charge in [0.1, 0.15) is 0 Å². The van der Waals surface area contributed by atoms with Crippen LogP contribution in [-0.2, 0) is 4.79 Å². The molecule has 0 amide bonds. The Morgan fingerprint density at radius 3 is 2.32 bits per heavy atom. The van der Waals surface area contributed by atoms with Crippen molar-refractivity contribution in [2.75, 3.05) is 0 Å². The van der Waals surface area contributed by atoms with E-state index in [9.17, 15) is 9.90 Å². The Hall–Kier alpha value is -0.530. The van der Waals surface area contributed by atoms with E-state index in [-0.39, 0.29) is 0 Å². The molecule has 0 bridgehead atoms. The quantitative estimate of drug-likeness (QED) is 0.784. The Morgan fingerprint density at radius 2 is 1.79 bits per heavy atom. The minimum Gasteiger partial charge on any atom is -0.550 e. The van der Waals surface area contributed by atoms with Gasteiger partial charge in [-0.3, -0.25) is 0 Å². The summed E-state index contributed by atoms with van der Waals surface area (Å²) in [6.07, 6.45) is 8.63. The van der Waals surface area contributed by atoms with E-state index in [2.05, 4.69) is 20.8 Å². The zero-order chi connectivity index (χ0) is 14.0. The highest BCUT2D eigenvalue weighted by Gasteiger charge is 2.47. The van der Waals surface area contributed by atoms with Crippen molar-refractivity contribution < 1.29 is 9.90 Å². The Kier molecular flexibility index (Phi) is 4.58. The maximum Gasteiger partial charge on any atom is 0.0479 e. The molecule has 2 fully saturated rings. The molecule has 0 spiro atoms. The van der Waals surface area contributed by atoms with E-state index in [1.165, 1.54) is 19.3 Å². The van der Waals surface area contributed by atoms with Crippen molar-refractivity contribution in [3.8, 4) is 0 Å². The summed E-state index contributed by atoms with van der Waals surface area (Å²) < 4.78 is 0. The summed E-state index contributed by atoms with van der Waals surface area (Å²) in [4.78, 5) is 11.9. The molecular weight excluding hydrogens is 236 g/mol. The van der Waals surface area contributed by atoms with Crippen molar-refractivity contribution in [1.82, 2.24) is 0 Å². The van der Waals surface area contributed by atoms with Crippen LogP contribution in [0.5, 0.6) is 0 Å². The number of hydrogen-bond donors (Lipinski definition) is 0. The molecule has 0 heterocycles. The summed E-state index contributed by atoms with van der Waals surface area (Å²) in [5, 5.41) is 11.9. The number of hydrogen-bond acceptors (Lipinski definition) is 2. The summed E-state index contributed by atoms with van der Waals surface area (Å²) in [5.74, 6) is 1.44. The molecule has 0 aromatic heterocycles. The van der Waals surface area contributed by atoms with Gasteiger partial charge < -0.3 is 9.90 Å². The summed E-state index contributed by atoms with van der Waals surface area (Å²) in [7, 11) is 0. The van der Waals surface area contributed by atoms with Gasteiger partial charge in [-0.25, -0.2) is 0 Å². The number of aliphatic carboxylic acids is 1. The zero-order valence-corrected chi connectivity index (χ0v) is 12.8. The first-order valence-electron chi connectivity index (χ1n) is 8.19. The number of carbonyl (C=O) groups is 1. The molecule has 0 aliphatic heterocycles. The highest BCUT2D eigenvalue weighted by molar-refractivity contribution is 5.73. The molecule has 2 rings (SSSR count). The largest absolute Gasteiger partial charge is 0.550 e. The second-order valence-corrected chi connectivity index (χ2v) is 7.44. The van der Waals surface area contributed by atoms with Crippen molar-refractivity contribution >= 4 is 5.97 Å². The molecule has 2 aliphatic carbocycles. The SMILES string of the molecule is CC1CCC(C(C)C)C(C2(C(=O)[O-])CCCCC2)C1. The fourth-order valence-electron chi connectivity index (χ4n) is 4.75. The van der Waals surface area contributed by atoms with Gasteiger partial charge in [0.05, 0.1) is 0 Å². The lowest BCUT2D eigenvalue weighted by Gasteiger charge is -2.51. The molecule has 3 atom stereocenters. The third kappa shape index (κ3) is 2.83. The van der Waals surface area contributed by atoms with Crippen LogP contribution in [0.2, 0.25) is 0 Å². The predicted octanol–water partition coefficient (Wildman–Crippen LogP) is 3.40. The smallest absolute Gasteiger partial charge is 0.0479 e. The van der Waals surface area contributed by atoms with Gasteiger partial charge in [-0.2, -0.15) is 0 Å². The average Bonchev–Trinajstić information content (AvgIpc) is 2.38. The molecule has 0 saturated heterocycles. The van der Waals surface area contributed by atoms with Crippen LogP contribution in [0.25, 0.3) is 0 Å². The van der Waals surface area contributed by atoms with Crippen molar-refractivity contribution in [1.29, 1.82) is 0 Å². The Morgan fingerprint density at radius 1 is 1.16 bits per heavy atom. The maximum absolute atomic E-state index is 11.9. The van der Waals surface area contributed by atoms with Gasteiger partial charge in [-0.1, -0.05) is 46.5 Å². The molecule has 2 heteroatoms. The fourth-order valence-corrected chi connectivity index (χ4v) is 4.75. The Labute approximate surface area is 118 Å². The molecular formula is C17H29O2-. The van der Waals surface area contributed by atoms with E-state index in [1.807, 2.05) is 0 Å². The topological polar surface area (TPSA) is 40.1 Å². The monoisotopic (exact) mass is 265 g/mol. The van der Waals surface area contributed by atoms with Crippen LogP contribution in [0, 0.1) is 29.1 Å². The third-order valence-corrected chi connectivity index (χ3v) is 5.88. The minimum atomic E-state index is -0.753. The normalized spacial score (nSPS) is 35.3. The summed E-state index contributed by atoms with van der Waals surface area (Å²) >= 11 is 0. The van der Waals surface area contributed by atoms with E-state index in [4.69, 9.17) is 0 Å². The first-order chi connectivity index (χ1) is 8.97. The van der Waals surface area contributed by atoms with Crippen LogP contribution in [0.15, 0.2) is 0 Å². The molecule has 2 saturated carbocycles. The number of carboxylic acids is 1. The molecule has 0 radical (unpaired) electrons. The molecule has 110 valence electrons. The molecule has 0 N–H and O–H groups in total. The van der Waals surface area contributed by atoms with Crippen molar-refractivity contribution in [3.63, 3.8) is 0 Å². The van der Waals surface area contributed by atoms with Crippen LogP contribution in [0.3, 0.4) is 0 Å². The van der Waals surface area contributed by atoms with E-state index in [1.54, 1.807) is 0 Å².